The Labute approximate surface area is 134 Å². The Bertz CT molecular complexity index is 633. The van der Waals surface area contributed by atoms with Crippen molar-refractivity contribution in [3.63, 3.8) is 0 Å². The van der Waals surface area contributed by atoms with Crippen molar-refractivity contribution in [2.45, 2.75) is 38.0 Å². The first-order valence-corrected chi connectivity index (χ1v) is 8.40. The number of rotatable bonds is 2. The number of hydrogen-bond donors (Lipinski definition) is 0. The lowest BCUT2D eigenvalue weighted by molar-refractivity contribution is 0.684. The highest BCUT2D eigenvalue weighted by Crippen LogP contribution is 2.36. The van der Waals surface area contributed by atoms with Gasteiger partial charge >= 0.3 is 0 Å². The molecule has 0 aliphatic heterocycles. The first-order chi connectivity index (χ1) is 9.65. The van der Waals surface area contributed by atoms with Crippen LogP contribution in [0.2, 0.25) is 0 Å². The Morgan fingerprint density at radius 3 is 2.50 bits per heavy atom. The molecule has 0 fully saturated rings. The molecule has 0 aromatic heterocycles. The van der Waals surface area contributed by atoms with Gasteiger partial charge in [0.2, 0.25) is 0 Å². The van der Waals surface area contributed by atoms with Gasteiger partial charge < -0.3 is 0 Å². The van der Waals surface area contributed by atoms with Crippen LogP contribution < -0.4 is 0 Å². The summed E-state index contributed by atoms with van der Waals surface area (Å²) in [4.78, 5) is 0. The van der Waals surface area contributed by atoms with Crippen LogP contribution >= 0.6 is 27.5 Å². The average Bonchev–Trinajstić information content (AvgIpc) is 2.46. The molecule has 2 aromatic carbocycles. The molecule has 3 rings (SSSR count). The minimum absolute atomic E-state index is 0.0859. The van der Waals surface area contributed by atoms with Gasteiger partial charge in [-0.15, -0.1) is 11.6 Å². The van der Waals surface area contributed by atoms with E-state index in [0.717, 1.165) is 10.0 Å². The number of fused-ring (bicyclic) bond motifs is 1. The summed E-state index contributed by atoms with van der Waals surface area (Å²) in [5, 5.41) is -0.0859. The standard InChI is InChI=1S/C18H18BrCl/c1-12-6-9-16(17(19)10-12)18(20)15-8-7-13-4-2-3-5-14(13)11-15/h6-11,18H,2-5H2,1H3. The summed E-state index contributed by atoms with van der Waals surface area (Å²) in [6, 6.07) is 13.1. The van der Waals surface area contributed by atoms with E-state index in [1.54, 1.807) is 0 Å². The van der Waals surface area contributed by atoms with Crippen molar-refractivity contribution in [2.75, 3.05) is 0 Å². The maximum atomic E-state index is 6.70. The zero-order valence-electron chi connectivity index (χ0n) is 11.6. The number of aryl methyl sites for hydroxylation is 3. The second-order valence-corrected chi connectivity index (χ2v) is 6.91. The molecule has 0 radical (unpaired) electrons. The fourth-order valence-electron chi connectivity index (χ4n) is 2.93. The maximum absolute atomic E-state index is 6.70. The minimum Gasteiger partial charge on any atom is -0.113 e. The molecular formula is C18H18BrCl. The molecule has 1 aliphatic rings. The molecule has 2 heteroatoms. The van der Waals surface area contributed by atoms with Crippen LogP contribution in [0.3, 0.4) is 0 Å². The molecule has 0 saturated carbocycles. The molecule has 2 aromatic rings. The zero-order valence-corrected chi connectivity index (χ0v) is 14.0. The molecule has 1 atom stereocenters. The summed E-state index contributed by atoms with van der Waals surface area (Å²) in [7, 11) is 0. The molecule has 0 saturated heterocycles. The van der Waals surface area contributed by atoms with Gasteiger partial charge in [-0.1, -0.05) is 46.3 Å². The summed E-state index contributed by atoms with van der Waals surface area (Å²) in [5.41, 5.74) is 6.59. The molecule has 1 aliphatic carbocycles. The van der Waals surface area contributed by atoms with Crippen molar-refractivity contribution in [3.05, 3.63) is 68.7 Å². The molecule has 104 valence electrons. The second kappa shape index (κ2) is 5.91. The lowest BCUT2D eigenvalue weighted by Crippen LogP contribution is -2.04. The number of hydrogen-bond acceptors (Lipinski definition) is 0. The highest BCUT2D eigenvalue weighted by Gasteiger charge is 2.17. The van der Waals surface area contributed by atoms with E-state index in [9.17, 15) is 0 Å². The monoisotopic (exact) mass is 348 g/mol. The van der Waals surface area contributed by atoms with Gasteiger partial charge in [-0.25, -0.2) is 0 Å². The molecule has 0 spiro atoms. The molecule has 20 heavy (non-hydrogen) atoms. The van der Waals surface area contributed by atoms with E-state index in [0.29, 0.717) is 0 Å². The van der Waals surface area contributed by atoms with Crippen LogP contribution in [0.15, 0.2) is 40.9 Å². The van der Waals surface area contributed by atoms with Gasteiger partial charge in [0.1, 0.15) is 0 Å². The molecule has 0 N–H and O–H groups in total. The van der Waals surface area contributed by atoms with Crippen LogP contribution in [0.25, 0.3) is 0 Å². The van der Waals surface area contributed by atoms with Gasteiger partial charge in [0.05, 0.1) is 5.38 Å². The average molecular weight is 350 g/mol. The summed E-state index contributed by atoms with van der Waals surface area (Å²) >= 11 is 10.3. The predicted octanol–water partition coefficient (Wildman–Crippen LogP) is 5.96. The minimum atomic E-state index is -0.0859. The third-order valence-electron chi connectivity index (χ3n) is 4.09. The summed E-state index contributed by atoms with van der Waals surface area (Å²) < 4.78 is 1.09. The largest absolute Gasteiger partial charge is 0.113 e. The van der Waals surface area contributed by atoms with Gasteiger partial charge in [0, 0.05) is 4.47 Å². The van der Waals surface area contributed by atoms with Crippen molar-refractivity contribution in [1.82, 2.24) is 0 Å². The summed E-state index contributed by atoms with van der Waals surface area (Å²) in [5.74, 6) is 0. The lowest BCUT2D eigenvalue weighted by Gasteiger charge is -2.19. The Morgan fingerprint density at radius 2 is 1.75 bits per heavy atom. The topological polar surface area (TPSA) is 0 Å². The van der Waals surface area contributed by atoms with Gasteiger partial charge in [-0.3, -0.25) is 0 Å². The van der Waals surface area contributed by atoms with E-state index in [2.05, 4.69) is 59.3 Å². The van der Waals surface area contributed by atoms with Crippen LogP contribution in [-0.4, -0.2) is 0 Å². The van der Waals surface area contributed by atoms with Gasteiger partial charge in [0.25, 0.3) is 0 Å². The van der Waals surface area contributed by atoms with E-state index in [1.807, 2.05) is 0 Å². The smallest absolute Gasteiger partial charge is 0.0846 e. The summed E-state index contributed by atoms with van der Waals surface area (Å²) in [6.07, 6.45) is 5.04. The Hall–Kier alpha value is -0.790. The number of alkyl halides is 1. The zero-order chi connectivity index (χ0) is 14.1. The molecular weight excluding hydrogens is 332 g/mol. The Morgan fingerprint density at radius 1 is 1.00 bits per heavy atom. The van der Waals surface area contributed by atoms with Crippen molar-refractivity contribution >= 4 is 27.5 Å². The molecule has 0 heterocycles. The number of benzene rings is 2. The van der Waals surface area contributed by atoms with Gasteiger partial charge in [0.15, 0.2) is 0 Å². The van der Waals surface area contributed by atoms with Crippen molar-refractivity contribution in [2.24, 2.45) is 0 Å². The highest BCUT2D eigenvalue weighted by atomic mass is 79.9. The van der Waals surface area contributed by atoms with Crippen LogP contribution in [0, 0.1) is 6.92 Å². The second-order valence-electron chi connectivity index (χ2n) is 5.62. The molecule has 0 bridgehead atoms. The quantitative estimate of drug-likeness (QED) is 0.586. The third kappa shape index (κ3) is 2.80. The van der Waals surface area contributed by atoms with E-state index in [-0.39, 0.29) is 5.38 Å². The van der Waals surface area contributed by atoms with Crippen molar-refractivity contribution < 1.29 is 0 Å². The molecule has 0 nitrogen and oxygen atoms in total. The first kappa shape index (κ1) is 14.2. The Kier molecular flexibility index (Phi) is 4.18. The van der Waals surface area contributed by atoms with Crippen LogP contribution in [0.5, 0.6) is 0 Å². The SMILES string of the molecule is Cc1ccc(C(Cl)c2ccc3c(c2)CCCC3)c(Br)c1. The van der Waals surface area contributed by atoms with Gasteiger partial charge in [-0.2, -0.15) is 0 Å². The normalized spacial score (nSPS) is 15.8. The maximum Gasteiger partial charge on any atom is 0.0846 e. The van der Waals surface area contributed by atoms with E-state index in [1.165, 1.54) is 47.9 Å². The third-order valence-corrected chi connectivity index (χ3v) is 5.27. The predicted molar refractivity (Wildman–Crippen MR) is 89.7 cm³/mol. The highest BCUT2D eigenvalue weighted by molar-refractivity contribution is 9.10. The van der Waals surface area contributed by atoms with E-state index < -0.39 is 0 Å². The van der Waals surface area contributed by atoms with E-state index in [4.69, 9.17) is 11.6 Å². The lowest BCUT2D eigenvalue weighted by atomic mass is 9.89. The van der Waals surface area contributed by atoms with E-state index >= 15 is 0 Å². The first-order valence-electron chi connectivity index (χ1n) is 7.17. The Balaban J connectivity index is 1.95. The van der Waals surface area contributed by atoms with Crippen LogP contribution in [0.4, 0.5) is 0 Å². The van der Waals surface area contributed by atoms with Crippen LogP contribution in [0.1, 0.15) is 46.0 Å². The van der Waals surface area contributed by atoms with Crippen LogP contribution in [-0.2, 0) is 12.8 Å². The number of halogens is 2. The molecule has 0 amide bonds. The van der Waals surface area contributed by atoms with Gasteiger partial charge in [-0.05, 0) is 66.5 Å². The van der Waals surface area contributed by atoms with Crippen molar-refractivity contribution in [1.29, 1.82) is 0 Å². The fraction of sp³-hybridized carbons (Fsp3) is 0.333. The fourth-order valence-corrected chi connectivity index (χ4v) is 4.11. The summed E-state index contributed by atoms with van der Waals surface area (Å²) in [6.45, 7) is 2.09. The molecule has 1 unspecified atom stereocenters. The van der Waals surface area contributed by atoms with Crippen molar-refractivity contribution in [3.8, 4) is 0 Å².